The van der Waals surface area contributed by atoms with Crippen molar-refractivity contribution in [2.75, 3.05) is 0 Å². The van der Waals surface area contributed by atoms with Gasteiger partial charge in [0.1, 0.15) is 0 Å². The quantitative estimate of drug-likeness (QED) is 0.412. The van der Waals surface area contributed by atoms with Gasteiger partial charge in [0, 0.05) is 58.1 Å². The molecule has 0 bridgehead atoms. The van der Waals surface area contributed by atoms with Gasteiger partial charge < -0.3 is 0 Å². The fourth-order valence-electron chi connectivity index (χ4n) is 0.142. The van der Waals surface area contributed by atoms with Crippen molar-refractivity contribution < 1.29 is 106 Å². The van der Waals surface area contributed by atoms with E-state index in [-0.39, 0.29) is 91.8 Å². The number of esters is 1. The van der Waals surface area contributed by atoms with Gasteiger partial charge in [0.05, 0.1) is 0 Å². The minimum Gasteiger partial charge on any atom is 0 e. The van der Waals surface area contributed by atoms with Gasteiger partial charge in [0.15, 0.2) is 0 Å². The third-order valence-corrected chi connectivity index (χ3v) is 0.614. The fourth-order valence-corrected chi connectivity index (χ4v) is 0.663. The average molecular weight is 426 g/mol. The third-order valence-electron chi connectivity index (χ3n) is 0.244. The zero-order chi connectivity index (χ0) is 5.86. The van der Waals surface area contributed by atoms with Crippen molar-refractivity contribution in [1.29, 1.82) is 0 Å². The van der Waals surface area contributed by atoms with Crippen LogP contribution in [0.3, 0.4) is 0 Å². The largest absolute Gasteiger partial charge is 0 e. The van der Waals surface area contributed by atoms with Gasteiger partial charge in [-0.2, -0.15) is 0 Å². The van der Waals surface area contributed by atoms with Crippen LogP contribution >= 0.6 is 0 Å². The van der Waals surface area contributed by atoms with Gasteiger partial charge in [0.2, 0.25) is 0 Å². The summed E-state index contributed by atoms with van der Waals surface area (Å²) in [5.74, 6) is -0.521. The molecule has 0 fully saturated rings. The normalized spacial score (nSPS) is 5.78. The first-order chi connectivity index (χ1) is 3.13. The van der Waals surface area contributed by atoms with Crippen LogP contribution in [0.1, 0.15) is 6.92 Å². The molecule has 0 atom stereocenters. The summed E-state index contributed by atoms with van der Waals surface area (Å²) >= 11 is 0.105. The van der Waals surface area contributed by atoms with Crippen LogP contribution in [0.5, 0.6) is 0 Å². The van der Waals surface area contributed by atoms with Crippen molar-refractivity contribution in [2.45, 2.75) is 6.92 Å². The first kappa shape index (κ1) is 17.3. The van der Waals surface area contributed by atoms with E-state index in [0.717, 1.165) is 0 Å². The molecule has 0 aromatic rings. The molecule has 0 spiro atoms. The maximum atomic E-state index is 9.89. The minimum absolute atomic E-state index is 0. The summed E-state index contributed by atoms with van der Waals surface area (Å²) in [5.41, 5.74) is 0. The molecule has 0 saturated carbocycles. The zero-order valence-electron chi connectivity index (χ0n) is 4.71. The second-order valence-corrected chi connectivity index (χ2v) is 2.39. The molecular formula is C3H3CoLaO3Pr. The van der Waals surface area contributed by atoms with E-state index >= 15 is 0 Å². The zero-order valence-corrected chi connectivity index (χ0v) is 13.1. The van der Waals surface area contributed by atoms with E-state index in [0.29, 0.717) is 0 Å². The molecule has 0 aliphatic carbocycles. The van der Waals surface area contributed by atoms with Crippen molar-refractivity contribution in [2.24, 2.45) is 0 Å². The molecule has 0 saturated heterocycles. The van der Waals surface area contributed by atoms with Crippen LogP contribution in [0.4, 0.5) is 4.79 Å². The van der Waals surface area contributed by atoms with Gasteiger partial charge in [0.25, 0.3) is 0 Å². The second-order valence-electron chi connectivity index (χ2n) is 0.913. The van der Waals surface area contributed by atoms with Crippen LogP contribution in [0.25, 0.3) is 0 Å². The minimum atomic E-state index is -0.521. The smallest absolute Gasteiger partial charge is 0 e. The molecule has 0 heterocycles. The molecule has 0 amide bonds. The molecule has 0 aliphatic rings. The number of hydrogen-bond donors (Lipinski definition) is 0. The van der Waals surface area contributed by atoms with Gasteiger partial charge in [-0.05, 0) is 0 Å². The van der Waals surface area contributed by atoms with E-state index in [1.54, 1.807) is 0 Å². The van der Waals surface area contributed by atoms with Crippen LogP contribution < -0.4 is 0 Å². The van der Waals surface area contributed by atoms with Gasteiger partial charge in [-0.25, -0.2) is 0 Å². The molecule has 0 rings (SSSR count). The van der Waals surface area contributed by atoms with Gasteiger partial charge in [-0.15, -0.1) is 0 Å². The van der Waals surface area contributed by atoms with Crippen molar-refractivity contribution in [3.05, 3.63) is 0 Å². The molecule has 0 N–H and O–H groups in total. The predicted octanol–water partition coefficient (Wildman–Crippen LogP) is 0.216. The van der Waals surface area contributed by atoms with E-state index in [1.165, 1.54) is 6.92 Å². The number of carbonyl (C=O) groups is 2. The van der Waals surface area contributed by atoms with Crippen LogP contribution in [0.15, 0.2) is 0 Å². The van der Waals surface area contributed by atoms with Crippen LogP contribution in [0.2, 0.25) is 0 Å². The third kappa shape index (κ3) is 17.8. The SMILES string of the molecule is CC(=O)O[C](=O)[La].[Co].[Pr]. The monoisotopic (exact) mass is 426 g/mol. The van der Waals surface area contributed by atoms with E-state index < -0.39 is 8.34 Å². The summed E-state index contributed by atoms with van der Waals surface area (Å²) in [7, 11) is 0. The Morgan fingerprint density at radius 3 is 1.78 bits per heavy atom. The molecule has 0 aromatic carbocycles. The Morgan fingerprint density at radius 1 is 1.44 bits per heavy atom. The van der Waals surface area contributed by atoms with E-state index in [1.807, 2.05) is 0 Å². The molecule has 2 radical (unpaired) electrons. The summed E-state index contributed by atoms with van der Waals surface area (Å²) in [6.07, 6.45) is 0. The van der Waals surface area contributed by atoms with Crippen molar-refractivity contribution in [3.63, 3.8) is 0 Å². The van der Waals surface area contributed by atoms with Crippen LogP contribution in [-0.4, -0.2) is 8.34 Å². The number of ether oxygens (including phenoxy) is 1. The molecule has 0 unspecified atom stereocenters. The van der Waals surface area contributed by atoms with Crippen molar-refractivity contribution in [1.82, 2.24) is 0 Å². The second kappa shape index (κ2) is 10.2. The van der Waals surface area contributed by atoms with E-state index in [2.05, 4.69) is 4.74 Å². The van der Waals surface area contributed by atoms with Crippen molar-refractivity contribution in [3.8, 4) is 0 Å². The maximum absolute atomic E-state index is 9.89. The van der Waals surface area contributed by atoms with E-state index in [9.17, 15) is 9.59 Å². The van der Waals surface area contributed by atoms with Gasteiger partial charge in [-0.3, -0.25) is 0 Å². The standard InChI is InChI=1S/C3H3O3.Co.La.Pr/c1-3(5)6-2-4;;;/h1H3;;;. The van der Waals surface area contributed by atoms with E-state index in [4.69, 9.17) is 0 Å². The Hall–Kier alpha value is 2.20. The average Bonchev–Trinajstić information content (AvgIpc) is 1.27. The Balaban J connectivity index is -0.000000180. The Kier molecular flexibility index (Phi) is 19.7. The summed E-state index contributed by atoms with van der Waals surface area (Å²) in [6.45, 7) is 1.21. The molecule has 6 heteroatoms. The molecule has 3 nitrogen and oxygen atoms in total. The van der Waals surface area contributed by atoms with Crippen molar-refractivity contribution >= 4 is 8.34 Å². The molecule has 0 aliphatic heterocycles. The summed E-state index contributed by atoms with van der Waals surface area (Å²) in [5, 5.41) is 0. The first-order valence-electron chi connectivity index (χ1n) is 1.61. The number of carbonyl (C=O) groups excluding carboxylic acids is 2. The Bertz CT molecular complexity index is 95.2. The molecular weight excluding hydrogens is 423 g/mol. The van der Waals surface area contributed by atoms with Crippen LogP contribution in [0, 0.1) is 75.0 Å². The summed E-state index contributed by atoms with van der Waals surface area (Å²) in [6, 6.07) is 0. The predicted molar refractivity (Wildman–Crippen MR) is 17.2 cm³/mol. The number of hydrogen-bond acceptors (Lipinski definition) is 3. The molecule has 9 heavy (non-hydrogen) atoms. The maximum Gasteiger partial charge on any atom is 0 e. The Morgan fingerprint density at radius 2 is 1.78 bits per heavy atom. The molecule has 48 valence electrons. The number of rotatable bonds is 0. The van der Waals surface area contributed by atoms with Gasteiger partial charge in [-0.1, -0.05) is 0 Å². The van der Waals surface area contributed by atoms with Gasteiger partial charge >= 0.3 is 63.3 Å². The fraction of sp³-hybridized carbons (Fsp3) is 0.333. The first-order valence-corrected chi connectivity index (χ1v) is 3.42. The summed E-state index contributed by atoms with van der Waals surface area (Å²) in [4.78, 5) is 19.7. The molecule has 0 aromatic heterocycles. The van der Waals surface area contributed by atoms with Crippen LogP contribution in [-0.2, 0) is 26.3 Å². The summed E-state index contributed by atoms with van der Waals surface area (Å²) < 4.78 is 3.65. The Labute approximate surface area is 119 Å². The topological polar surface area (TPSA) is 43.4 Å².